The van der Waals surface area contributed by atoms with Gasteiger partial charge in [0.2, 0.25) is 17.3 Å². The molecule has 790 valence electrons. The van der Waals surface area contributed by atoms with Gasteiger partial charge in [0.1, 0.15) is 45.1 Å². The van der Waals surface area contributed by atoms with E-state index < -0.39 is 92.1 Å². The van der Waals surface area contributed by atoms with Crippen molar-refractivity contribution in [1.29, 1.82) is 11.1 Å². The first-order chi connectivity index (χ1) is 70.3. The van der Waals surface area contributed by atoms with Crippen LogP contribution in [0.3, 0.4) is 0 Å². The van der Waals surface area contributed by atoms with Crippen LogP contribution in [0.15, 0.2) is 192 Å². The summed E-state index contributed by atoms with van der Waals surface area (Å²) in [6.45, 7) is 46.9. The summed E-state index contributed by atoms with van der Waals surface area (Å²) in [7, 11) is 0. The molecule has 4 fully saturated rings. The van der Waals surface area contributed by atoms with E-state index >= 15 is 0 Å². The number of aromatic nitrogens is 8. The molecule has 0 unspecified atom stereocenters. The van der Waals surface area contributed by atoms with Crippen LogP contribution in [0, 0.1) is 59.1 Å². The smallest absolute Gasteiger partial charge is 0.410 e. The third-order valence-corrected chi connectivity index (χ3v) is 23.9. The van der Waals surface area contributed by atoms with Gasteiger partial charge in [-0.15, -0.1) is 0 Å². The second-order valence-electron chi connectivity index (χ2n) is 36.8. The van der Waals surface area contributed by atoms with Crippen LogP contribution in [0.5, 0.6) is 34.5 Å². The van der Waals surface area contributed by atoms with Crippen molar-refractivity contribution in [2.75, 3.05) is 63.8 Å². The van der Waals surface area contributed by atoms with E-state index in [1.165, 1.54) is 24.3 Å². The van der Waals surface area contributed by atoms with E-state index in [2.05, 4.69) is 75.2 Å². The van der Waals surface area contributed by atoms with Crippen LogP contribution >= 0.6 is 15.9 Å². The van der Waals surface area contributed by atoms with E-state index in [9.17, 15) is 59.9 Å². The number of carbonyl (C=O) groups excluding carboxylic acids is 8. The number of carboxylic acids is 1. The maximum atomic E-state index is 14.0. The number of halogens is 7. The Morgan fingerprint density at radius 2 is 0.745 bits per heavy atom. The molecule has 43 heteroatoms. The largest absolute Gasteiger partial charge is 0.478 e. The lowest BCUT2D eigenvalue weighted by atomic mass is 10.1. The fraction of sp³-hybridized carbons (Fsp3) is 0.349. The summed E-state index contributed by atoms with van der Waals surface area (Å²) in [5.74, 6) is -6.32. The zero-order chi connectivity index (χ0) is 109. The first-order valence-electron chi connectivity index (χ1n) is 46.6. The number of carboxylic acid groups (broad SMARTS) is 1. The number of likely N-dealkylation sites (tertiary alicyclic amines) is 4. The number of aliphatic carboxylic acids is 1. The predicted octanol–water partition coefficient (Wildman–Crippen LogP) is 23.4. The van der Waals surface area contributed by atoms with Gasteiger partial charge >= 0.3 is 36.6 Å². The maximum absolute atomic E-state index is 14.0. The lowest BCUT2D eigenvalue weighted by molar-refractivity contribution is -0.193. The number of amides is 4. The zero-order valence-electron chi connectivity index (χ0n) is 83.1. The van der Waals surface area contributed by atoms with Crippen molar-refractivity contribution < 1.29 is 104 Å². The van der Waals surface area contributed by atoms with Crippen molar-refractivity contribution in [2.45, 2.75) is 189 Å². The number of nitrogens with one attached hydrogen (secondary N) is 4. The van der Waals surface area contributed by atoms with Crippen LogP contribution in [0.25, 0.3) is 64.9 Å². The second kappa shape index (κ2) is 53.4. The quantitative estimate of drug-likeness (QED) is 0.0146. The minimum absolute atomic E-state index is 0. The van der Waals surface area contributed by atoms with Crippen molar-refractivity contribution in [2.24, 2.45) is 0 Å². The Kier molecular flexibility index (Phi) is 42.2. The molecule has 0 aliphatic carbocycles. The highest BCUT2D eigenvalue weighted by atomic mass is 79.9. The van der Waals surface area contributed by atoms with Crippen molar-refractivity contribution >= 4 is 103 Å². The molecule has 12 aromatic rings. The number of H-pyrrole nitrogens is 2. The highest BCUT2D eigenvalue weighted by molar-refractivity contribution is 9.10. The summed E-state index contributed by atoms with van der Waals surface area (Å²) in [4.78, 5) is 132. The summed E-state index contributed by atoms with van der Waals surface area (Å²) in [6.07, 6.45) is 17.4. The summed E-state index contributed by atoms with van der Waals surface area (Å²) >= 11 is 3.48. The van der Waals surface area contributed by atoms with E-state index in [4.69, 9.17) is 88.4 Å². The molecule has 10 heterocycles. The molecule has 6 aromatic heterocycles. The molecule has 4 aliphatic rings. The Balaban J connectivity index is 0.000000262. The second-order valence-corrected chi connectivity index (χ2v) is 37.6. The van der Waals surface area contributed by atoms with Gasteiger partial charge in [-0.25, -0.2) is 76.5 Å². The molecule has 0 bridgehead atoms. The van der Waals surface area contributed by atoms with Gasteiger partial charge in [0.05, 0.1) is 36.0 Å². The number of nitrogen functional groups attached to an aromatic ring is 2. The molecular weight excluding hydrogens is 2010 g/mol. The SMILES string of the molecule is C.C=CC(=O)N1CCC[C@@H](n2cc(-c3ccc(Oc4c(F)cccc4F)cc3)c3c(N)n[nH]c(=O)c32)C1.C=CC(=O)O.CC(C)(C)OC(=O)N1CCC[C@@H](n2cc(-c3ccc(Oc4c(F)cccc4F)cc3)c3c(N)n[nH]c(=O)c32)C1.N=N.O=C=O.O=C=O.[C-]#[N+]c1c(-c2ccc(Oc3c(F)cccc3F)cc2)cn([C@@H]2CCCN(C(=O)OC(C)(C)C)C2)c1CC.[C-]#[N+]c1c(Br)cn([C@@H]2CCCN(C(=O)OC(C)(C)C)C2)c1CC.[HH]. The van der Waals surface area contributed by atoms with Crippen LogP contribution in [0.2, 0.25) is 0 Å². The van der Waals surface area contributed by atoms with E-state index in [-0.39, 0.29) is 92.3 Å². The van der Waals surface area contributed by atoms with Crippen molar-refractivity contribution in [3.8, 4) is 67.9 Å². The van der Waals surface area contributed by atoms with Gasteiger partial charge in [-0.1, -0.05) is 105 Å². The molecule has 4 aliphatic heterocycles. The lowest BCUT2D eigenvalue weighted by Gasteiger charge is -2.35. The van der Waals surface area contributed by atoms with E-state index in [0.717, 1.165) is 134 Å². The number of rotatable bonds is 17. The first-order valence-corrected chi connectivity index (χ1v) is 47.4. The predicted molar refractivity (Wildman–Crippen MR) is 548 cm³/mol. The van der Waals surface area contributed by atoms with Gasteiger partial charge in [0.25, 0.3) is 11.1 Å². The Hall–Kier alpha value is -16.7. The molecule has 4 amide bonds. The van der Waals surface area contributed by atoms with Crippen molar-refractivity contribution in [3.63, 3.8) is 0 Å². The fourth-order valence-corrected chi connectivity index (χ4v) is 17.6. The maximum Gasteiger partial charge on any atom is 0.410 e. The Morgan fingerprint density at radius 3 is 1.03 bits per heavy atom. The number of benzene rings is 6. The molecule has 0 spiro atoms. The summed E-state index contributed by atoms with van der Waals surface area (Å²) in [5.41, 5.74) is 28.1. The van der Waals surface area contributed by atoms with Gasteiger partial charge in [-0.2, -0.15) is 29.4 Å². The van der Waals surface area contributed by atoms with Gasteiger partial charge in [0.15, 0.2) is 63.8 Å². The molecule has 16 rings (SSSR count). The van der Waals surface area contributed by atoms with Crippen LogP contribution < -0.4 is 36.8 Å². The number of piperidine rings is 4. The minimum atomic E-state index is -0.981. The monoisotopic (exact) mass is 2120 g/mol. The normalized spacial score (nSPS) is 15.1. The Morgan fingerprint density at radius 1 is 0.477 bits per heavy atom. The van der Waals surface area contributed by atoms with Crippen LogP contribution in [-0.4, -0.2) is 175 Å². The first kappa shape index (κ1) is 118. The third kappa shape index (κ3) is 30.5. The lowest BCUT2D eigenvalue weighted by Crippen LogP contribution is -2.43. The molecule has 0 radical (unpaired) electrons. The number of ether oxygens (including phenoxy) is 6. The van der Waals surface area contributed by atoms with Gasteiger partial charge < -0.3 is 82.9 Å². The van der Waals surface area contributed by atoms with E-state index in [1.54, 1.807) is 92.4 Å². The minimum Gasteiger partial charge on any atom is -0.478 e. The van der Waals surface area contributed by atoms with Crippen molar-refractivity contribution in [3.05, 3.63) is 272 Å². The number of nitrogens with zero attached hydrogens (tertiary/aromatic N) is 12. The average Bonchev–Trinajstić information content (AvgIpc) is 1.56. The molecule has 0 saturated carbocycles. The number of carbonyl (C=O) groups is 5. The number of hydrogen-bond acceptors (Lipinski definition) is 23. The van der Waals surface area contributed by atoms with Gasteiger partial charge in [-0.3, -0.25) is 14.4 Å². The summed E-state index contributed by atoms with van der Waals surface area (Å²) in [5, 5.41) is 21.4. The fourth-order valence-electron chi connectivity index (χ4n) is 17.1. The molecule has 9 N–H and O–H groups in total. The molecule has 36 nitrogen and oxygen atoms in total. The van der Waals surface area contributed by atoms with Crippen LogP contribution in [-0.2, 0) is 55.8 Å². The molecule has 6 aromatic carbocycles. The highest BCUT2D eigenvalue weighted by Crippen LogP contribution is 2.45. The number of para-hydroxylation sites is 3. The van der Waals surface area contributed by atoms with Gasteiger partial charge in [-0.05, 0) is 222 Å². The van der Waals surface area contributed by atoms with Crippen molar-refractivity contribution in [1.82, 2.24) is 58.3 Å². The summed E-state index contributed by atoms with van der Waals surface area (Å²) < 4.78 is 126. The van der Waals surface area contributed by atoms with E-state index in [1.807, 2.05) is 103 Å². The Bertz CT molecular complexity index is 6980. The molecule has 149 heavy (non-hydrogen) atoms. The number of anilines is 2. The van der Waals surface area contributed by atoms with E-state index in [0.29, 0.717) is 108 Å². The summed E-state index contributed by atoms with van der Waals surface area (Å²) in [6, 6.07) is 30.4. The standard InChI is InChI=1S/C29H31F2N3O3.C28H29F2N5O4.C26H23F2N5O3.C17H24BrN3O2.C3H4O2.2CO2.CH4.H2N2.H2/c1-6-25-26(32-5)22(18-34(25)20-9-8-16-33(17-20)28(35)37-29(2,3)4)19-12-14-21(15-13-19)36-27-23(30)10-7-11-24(27)31;1-28(2,3)39-27(37)34-13-5-6-17(14-34)35-15-19(22-23(35)26(36)33-32-25(22)31)16-9-11-18(12-10-16)38-24-20(29)7-4-8-21(24)30;1-2-21(34)32-12-4-5-16(13-32)33-14-18(22-23(33)26(35)31-30-25(22)29)15-8-10-17(11-9-15)36-24-19(27)6-3-7-20(24)28;1-6-14-15(19-5)13(18)11-21(14)12-8-7-9-20(10-12)16(22)23-17(2,3)4;1-2-3(4)5;2*2-1-3;;1-2;/h7,10-15,18,20H,6,8-9,16-17H2,1-4H3;4,7-12,15,17H,5-6,13-14H2,1-3H3,(H2,31,32)(H,33,36);2-3,6-11,14,16H,1,4-5,12-13H2,(H2,29,30)(H,31,35);11-12H,6-10H2,1-4H3;2H,1H2,(H,4,5);;;1H4;1-2H;1H/t20-;17-;16-;12-;;;;;;/m1111....../s1. The van der Waals surface area contributed by atoms with Crippen LogP contribution in [0.1, 0.15) is 172 Å². The molecule has 4 saturated heterocycles. The average molecular weight is 2130 g/mol. The topological polar surface area (TPSA) is 462 Å². The number of nitrogens with two attached hydrogens (primary N) is 2. The number of fused-ring (bicyclic) bond motifs is 2. The van der Waals surface area contributed by atoms with Crippen LogP contribution in [0.4, 0.5) is 63.7 Å². The molecular formula is C106H119BrF6N18O18. The molecule has 4 atom stereocenters. The van der Waals surface area contributed by atoms with Gasteiger partial charge in [0, 0.05) is 129 Å². The number of hydrogen-bond donors (Lipinski definition) is 7. The zero-order valence-corrected chi connectivity index (χ0v) is 84.7. The highest BCUT2D eigenvalue weighted by Gasteiger charge is 2.37. The Labute approximate surface area is 864 Å². The number of aromatic amines is 2. The third-order valence-electron chi connectivity index (χ3n) is 23.3.